The van der Waals surface area contributed by atoms with Crippen molar-refractivity contribution in [3.05, 3.63) is 34.9 Å². The molecule has 2 nitrogen and oxygen atoms in total. The third-order valence-corrected chi connectivity index (χ3v) is 3.66. The molecule has 0 saturated carbocycles. The number of rotatable bonds is 0. The summed E-state index contributed by atoms with van der Waals surface area (Å²) in [4.78, 5) is 0. The number of piperidine rings is 1. The molecule has 1 spiro atoms. The minimum Gasteiger partial charge on any atom is -0.482 e. The highest BCUT2D eigenvalue weighted by Gasteiger charge is 2.34. The molecule has 1 aromatic carbocycles. The Balaban J connectivity index is 1.97. The van der Waals surface area contributed by atoms with E-state index in [1.807, 2.05) is 18.2 Å². The maximum absolute atomic E-state index is 6.13. The van der Waals surface area contributed by atoms with E-state index >= 15 is 0 Å². The second-order valence-electron chi connectivity index (χ2n) is 4.40. The monoisotopic (exact) mass is 235 g/mol. The largest absolute Gasteiger partial charge is 0.482 e. The number of halogens is 1. The van der Waals surface area contributed by atoms with Crippen molar-refractivity contribution in [3.63, 3.8) is 0 Å². The lowest BCUT2D eigenvalue weighted by molar-refractivity contribution is 0.0823. The van der Waals surface area contributed by atoms with Gasteiger partial charge in [-0.05, 0) is 37.4 Å². The summed E-state index contributed by atoms with van der Waals surface area (Å²) in [6, 6.07) is 5.83. The minimum atomic E-state index is -0.108. The van der Waals surface area contributed by atoms with Crippen molar-refractivity contribution >= 4 is 17.7 Å². The van der Waals surface area contributed by atoms with Crippen LogP contribution in [0.3, 0.4) is 0 Å². The molecule has 3 heteroatoms. The molecule has 3 rings (SSSR count). The van der Waals surface area contributed by atoms with Crippen molar-refractivity contribution < 1.29 is 4.74 Å². The summed E-state index contributed by atoms with van der Waals surface area (Å²) in [6.07, 6.45) is 6.32. The summed E-state index contributed by atoms with van der Waals surface area (Å²) in [5.41, 5.74) is 0.900. The van der Waals surface area contributed by atoms with E-state index in [0.29, 0.717) is 0 Å². The fraction of sp³-hybridized carbons (Fsp3) is 0.385. The Kier molecular flexibility index (Phi) is 2.41. The predicted molar refractivity (Wildman–Crippen MR) is 65.9 cm³/mol. The fourth-order valence-corrected chi connectivity index (χ4v) is 2.60. The van der Waals surface area contributed by atoms with Crippen molar-refractivity contribution in [3.8, 4) is 5.75 Å². The molecule has 0 unspecified atom stereocenters. The predicted octanol–water partition coefficient (Wildman–Crippen LogP) is 2.87. The molecule has 0 bridgehead atoms. The number of ether oxygens (including phenoxy) is 1. The third-order valence-electron chi connectivity index (χ3n) is 3.33. The molecule has 1 saturated heterocycles. The second kappa shape index (κ2) is 3.79. The van der Waals surface area contributed by atoms with Gasteiger partial charge in [-0.25, -0.2) is 0 Å². The second-order valence-corrected chi connectivity index (χ2v) is 4.81. The first-order valence-corrected chi connectivity index (χ1v) is 6.04. The first kappa shape index (κ1) is 10.2. The first-order chi connectivity index (χ1) is 7.79. The van der Waals surface area contributed by atoms with Gasteiger partial charge in [-0.1, -0.05) is 17.7 Å². The Morgan fingerprint density at radius 2 is 2.06 bits per heavy atom. The number of benzene rings is 1. The molecule has 2 aliphatic heterocycles. The van der Waals surface area contributed by atoms with Gasteiger partial charge in [0.15, 0.2) is 0 Å². The van der Waals surface area contributed by atoms with Crippen molar-refractivity contribution in [1.82, 2.24) is 5.32 Å². The molecule has 0 atom stereocenters. The number of nitrogens with one attached hydrogen (secondary N) is 1. The molecule has 1 fully saturated rings. The Morgan fingerprint density at radius 3 is 2.88 bits per heavy atom. The zero-order valence-electron chi connectivity index (χ0n) is 9.00. The summed E-state index contributed by atoms with van der Waals surface area (Å²) in [7, 11) is 0. The Labute approximate surface area is 100 Å². The SMILES string of the molecule is Clc1cccc2c1C=CC1(CCNCC1)O2. The molecule has 1 aromatic rings. The van der Waals surface area contributed by atoms with Gasteiger partial charge in [-0.2, -0.15) is 0 Å². The first-order valence-electron chi connectivity index (χ1n) is 5.67. The summed E-state index contributed by atoms with van der Waals surface area (Å²) >= 11 is 6.13. The molecule has 2 aliphatic rings. The van der Waals surface area contributed by atoms with Crippen LogP contribution in [0.2, 0.25) is 5.02 Å². The highest BCUT2D eigenvalue weighted by atomic mass is 35.5. The van der Waals surface area contributed by atoms with Crippen LogP contribution in [0, 0.1) is 0 Å². The molecule has 2 heterocycles. The van der Waals surface area contributed by atoms with Crippen LogP contribution in [0.1, 0.15) is 18.4 Å². The molecular weight excluding hydrogens is 222 g/mol. The average Bonchev–Trinajstić information content (AvgIpc) is 2.30. The van der Waals surface area contributed by atoms with Gasteiger partial charge in [0.1, 0.15) is 11.4 Å². The summed E-state index contributed by atoms with van der Waals surface area (Å²) < 4.78 is 6.13. The van der Waals surface area contributed by atoms with E-state index in [1.165, 1.54) is 0 Å². The van der Waals surface area contributed by atoms with Crippen molar-refractivity contribution in [2.24, 2.45) is 0 Å². The summed E-state index contributed by atoms with van der Waals surface area (Å²) in [5, 5.41) is 4.11. The van der Waals surface area contributed by atoms with E-state index in [2.05, 4.69) is 17.5 Å². The van der Waals surface area contributed by atoms with Gasteiger partial charge in [-0.3, -0.25) is 0 Å². The van der Waals surface area contributed by atoms with Crippen LogP contribution in [0.4, 0.5) is 0 Å². The van der Waals surface area contributed by atoms with Crippen LogP contribution in [-0.4, -0.2) is 18.7 Å². The van der Waals surface area contributed by atoms with Crippen LogP contribution in [0.5, 0.6) is 5.75 Å². The zero-order valence-corrected chi connectivity index (χ0v) is 9.76. The van der Waals surface area contributed by atoms with Crippen LogP contribution in [0.25, 0.3) is 6.08 Å². The lowest BCUT2D eigenvalue weighted by atomic mass is 9.89. The van der Waals surface area contributed by atoms with Gasteiger partial charge in [0.25, 0.3) is 0 Å². The molecule has 0 amide bonds. The molecule has 84 valence electrons. The molecule has 0 aliphatic carbocycles. The summed E-state index contributed by atoms with van der Waals surface area (Å²) in [5.74, 6) is 0.914. The number of hydrogen-bond donors (Lipinski definition) is 1. The lowest BCUT2D eigenvalue weighted by Crippen LogP contribution is -2.45. The Morgan fingerprint density at radius 1 is 1.25 bits per heavy atom. The van der Waals surface area contributed by atoms with Crippen molar-refractivity contribution in [2.45, 2.75) is 18.4 Å². The van der Waals surface area contributed by atoms with Gasteiger partial charge in [0, 0.05) is 18.4 Å². The quantitative estimate of drug-likeness (QED) is 0.747. The maximum atomic E-state index is 6.13. The smallest absolute Gasteiger partial charge is 0.130 e. The van der Waals surface area contributed by atoms with E-state index in [4.69, 9.17) is 16.3 Å². The highest BCUT2D eigenvalue weighted by molar-refractivity contribution is 6.32. The Bertz CT molecular complexity index is 436. The lowest BCUT2D eigenvalue weighted by Gasteiger charge is -2.38. The molecular formula is C13H14ClNO. The van der Waals surface area contributed by atoms with Gasteiger partial charge in [0.05, 0.1) is 5.02 Å². The average molecular weight is 236 g/mol. The Hall–Kier alpha value is -0.990. The molecule has 0 radical (unpaired) electrons. The standard InChI is InChI=1S/C13H14ClNO/c14-11-2-1-3-12-10(11)4-5-13(16-12)6-8-15-9-7-13/h1-5,15H,6-9H2. The summed E-state index contributed by atoms with van der Waals surface area (Å²) in [6.45, 7) is 2.03. The normalized spacial score (nSPS) is 21.6. The van der Waals surface area contributed by atoms with Gasteiger partial charge in [0.2, 0.25) is 0 Å². The third kappa shape index (κ3) is 1.62. The number of fused-ring (bicyclic) bond motifs is 1. The topological polar surface area (TPSA) is 21.3 Å². The zero-order chi connectivity index (χ0) is 11.0. The molecule has 16 heavy (non-hydrogen) atoms. The maximum Gasteiger partial charge on any atom is 0.130 e. The van der Waals surface area contributed by atoms with E-state index in [1.54, 1.807) is 0 Å². The van der Waals surface area contributed by atoms with E-state index < -0.39 is 0 Å². The van der Waals surface area contributed by atoms with Crippen molar-refractivity contribution in [1.29, 1.82) is 0 Å². The van der Waals surface area contributed by atoms with Crippen LogP contribution >= 0.6 is 11.6 Å². The molecule has 0 aromatic heterocycles. The highest BCUT2D eigenvalue weighted by Crippen LogP contribution is 2.38. The van der Waals surface area contributed by atoms with E-state index in [-0.39, 0.29) is 5.60 Å². The van der Waals surface area contributed by atoms with Crippen LogP contribution < -0.4 is 10.1 Å². The van der Waals surface area contributed by atoms with Gasteiger partial charge >= 0.3 is 0 Å². The van der Waals surface area contributed by atoms with E-state index in [9.17, 15) is 0 Å². The van der Waals surface area contributed by atoms with E-state index in [0.717, 1.165) is 42.3 Å². The van der Waals surface area contributed by atoms with Gasteiger partial charge < -0.3 is 10.1 Å². The van der Waals surface area contributed by atoms with Crippen LogP contribution in [0.15, 0.2) is 24.3 Å². The van der Waals surface area contributed by atoms with Crippen molar-refractivity contribution in [2.75, 3.05) is 13.1 Å². The minimum absolute atomic E-state index is 0.108. The van der Waals surface area contributed by atoms with Gasteiger partial charge in [-0.15, -0.1) is 0 Å². The molecule has 1 N–H and O–H groups in total. The number of hydrogen-bond acceptors (Lipinski definition) is 2. The van der Waals surface area contributed by atoms with Crippen LogP contribution in [-0.2, 0) is 0 Å². The fourth-order valence-electron chi connectivity index (χ4n) is 2.37.